The zero-order valence-electron chi connectivity index (χ0n) is 6.17. The number of aromatic nitrogens is 2. The van der Waals surface area contributed by atoms with Gasteiger partial charge in [0.25, 0.3) is 5.56 Å². The highest BCUT2D eigenvalue weighted by atomic mass is 19.2. The minimum absolute atomic E-state index is 0.0121. The van der Waals surface area contributed by atoms with E-state index >= 15 is 0 Å². The van der Waals surface area contributed by atoms with E-state index in [2.05, 4.69) is 0 Å². The summed E-state index contributed by atoms with van der Waals surface area (Å²) in [5.74, 6) is 0. The Bertz CT molecular complexity index is 391. The largest absolute Gasteiger partial charge is 0.359 e. The molecule has 0 amide bonds. The van der Waals surface area contributed by atoms with Gasteiger partial charge in [0.2, 0.25) is 0 Å². The molecule has 0 aromatic carbocycles. The Labute approximate surface area is 61.4 Å². The van der Waals surface area contributed by atoms with Gasteiger partial charge >= 0.3 is 5.69 Å². The van der Waals surface area contributed by atoms with Crippen molar-refractivity contribution in [1.82, 2.24) is 9.36 Å². The molecule has 0 saturated heterocycles. The van der Waals surface area contributed by atoms with Crippen molar-refractivity contribution in [3.8, 4) is 0 Å². The Balaban J connectivity index is 3.74. The Hall–Kier alpha value is -1.39. The zero-order valence-corrected chi connectivity index (χ0v) is 6.17. The van der Waals surface area contributed by atoms with Crippen LogP contribution in [0.3, 0.4) is 0 Å². The van der Waals surface area contributed by atoms with Crippen LogP contribution in [0.5, 0.6) is 0 Å². The zero-order chi connectivity index (χ0) is 8.59. The Morgan fingerprint density at radius 3 is 2.55 bits per heavy atom. The van der Waals surface area contributed by atoms with Crippen molar-refractivity contribution in [2.45, 2.75) is 6.92 Å². The van der Waals surface area contributed by atoms with E-state index in [1.165, 1.54) is 14.0 Å². The van der Waals surface area contributed by atoms with Crippen molar-refractivity contribution in [3.63, 3.8) is 0 Å². The van der Waals surface area contributed by atoms with E-state index in [-0.39, 0.29) is 10.5 Å². The summed E-state index contributed by atoms with van der Waals surface area (Å²) in [6, 6.07) is 1.06. The quantitative estimate of drug-likeness (QED) is 0.515. The van der Waals surface area contributed by atoms with Crippen molar-refractivity contribution in [2.24, 2.45) is 7.05 Å². The summed E-state index contributed by atoms with van der Waals surface area (Å²) in [5, 5.41) is 0. The fraction of sp³-hybridized carbons (Fsp3) is 0.333. The van der Waals surface area contributed by atoms with Gasteiger partial charge in [-0.05, 0) is 6.92 Å². The molecule has 1 aromatic heterocycles. The molecule has 0 saturated carbocycles. The summed E-state index contributed by atoms with van der Waals surface area (Å²) in [7, 11) is 1.22. The number of hydrogen-bond donors (Lipinski definition) is 0. The molecule has 0 N–H and O–H groups in total. The molecule has 11 heavy (non-hydrogen) atoms. The molecule has 1 aromatic rings. The summed E-state index contributed by atoms with van der Waals surface area (Å²) >= 11 is 0. The molecule has 0 atom stereocenters. The van der Waals surface area contributed by atoms with Crippen molar-refractivity contribution in [1.29, 1.82) is 0 Å². The molecule has 4 nitrogen and oxygen atoms in total. The van der Waals surface area contributed by atoms with Gasteiger partial charge in [0, 0.05) is 13.1 Å². The third-order valence-electron chi connectivity index (χ3n) is 1.43. The molecule has 0 fully saturated rings. The minimum atomic E-state index is -0.949. The highest BCUT2D eigenvalue weighted by Gasteiger charge is 2.02. The summed E-state index contributed by atoms with van der Waals surface area (Å²) in [6.07, 6.45) is 0. The smallest absolute Gasteiger partial charge is 0.269 e. The van der Waals surface area contributed by atoms with Crippen LogP contribution in [0.1, 0.15) is 5.69 Å². The van der Waals surface area contributed by atoms with Crippen molar-refractivity contribution in [2.75, 3.05) is 0 Å². The number of hydrogen-bond acceptors (Lipinski definition) is 2. The highest BCUT2D eigenvalue weighted by Crippen LogP contribution is 1.86. The minimum Gasteiger partial charge on any atom is -0.269 e. The van der Waals surface area contributed by atoms with E-state index in [0.717, 1.165) is 6.07 Å². The molecule has 60 valence electrons. The second kappa shape index (κ2) is 2.34. The van der Waals surface area contributed by atoms with Crippen molar-refractivity contribution in [3.05, 3.63) is 32.6 Å². The number of rotatable bonds is 0. The predicted octanol–water partition coefficient (Wildman–Crippen LogP) is -0.412. The van der Waals surface area contributed by atoms with E-state index in [9.17, 15) is 14.1 Å². The first-order chi connectivity index (χ1) is 5.04. The van der Waals surface area contributed by atoms with Crippen LogP contribution in [0, 0.1) is 6.92 Å². The molecule has 0 radical (unpaired) electrons. The summed E-state index contributed by atoms with van der Waals surface area (Å²) < 4.78 is 13.3. The number of nitrogens with zero attached hydrogens (tertiary/aromatic N) is 2. The summed E-state index contributed by atoms with van der Waals surface area (Å²) in [4.78, 5) is 21.5. The van der Waals surface area contributed by atoms with Gasteiger partial charge in [-0.1, -0.05) is 4.48 Å². The van der Waals surface area contributed by atoms with E-state index < -0.39 is 11.2 Å². The lowest BCUT2D eigenvalue weighted by Crippen LogP contribution is -2.36. The van der Waals surface area contributed by atoms with Gasteiger partial charge < -0.3 is 0 Å². The molecule has 5 heteroatoms. The SMILES string of the molecule is Cc1cc(=O)n(C)c(=O)n1F. The maximum atomic E-state index is 12.6. The van der Waals surface area contributed by atoms with Gasteiger partial charge in [-0.2, -0.15) is 0 Å². The van der Waals surface area contributed by atoms with Gasteiger partial charge in [0.1, 0.15) is 0 Å². The normalized spacial score (nSPS) is 10.1. The first-order valence-corrected chi connectivity index (χ1v) is 3.00. The van der Waals surface area contributed by atoms with Gasteiger partial charge in [-0.25, -0.2) is 4.79 Å². The molecule has 0 aliphatic rings. The van der Waals surface area contributed by atoms with E-state index in [1.807, 2.05) is 0 Å². The third-order valence-corrected chi connectivity index (χ3v) is 1.43. The van der Waals surface area contributed by atoms with Crippen LogP contribution in [0.15, 0.2) is 15.7 Å². The first-order valence-electron chi connectivity index (χ1n) is 3.00. The lowest BCUT2D eigenvalue weighted by atomic mass is 10.4. The average molecular weight is 158 g/mol. The molecule has 0 bridgehead atoms. The van der Waals surface area contributed by atoms with Gasteiger partial charge in [-0.15, -0.1) is 4.79 Å². The van der Waals surface area contributed by atoms with Crippen LogP contribution in [-0.2, 0) is 7.05 Å². The Kier molecular flexibility index (Phi) is 1.64. The Morgan fingerprint density at radius 2 is 2.00 bits per heavy atom. The molecule has 0 aliphatic heterocycles. The lowest BCUT2D eigenvalue weighted by Gasteiger charge is -1.99. The van der Waals surface area contributed by atoms with E-state index in [4.69, 9.17) is 0 Å². The van der Waals surface area contributed by atoms with Crippen molar-refractivity contribution >= 4 is 0 Å². The summed E-state index contributed by atoms with van der Waals surface area (Å²) in [5.41, 5.74) is -1.44. The second-order valence-corrected chi connectivity index (χ2v) is 2.25. The fourth-order valence-electron chi connectivity index (χ4n) is 0.709. The van der Waals surface area contributed by atoms with Crippen LogP contribution < -0.4 is 11.2 Å². The number of halogens is 1. The predicted molar refractivity (Wildman–Crippen MR) is 37.2 cm³/mol. The summed E-state index contributed by atoms with van der Waals surface area (Å²) in [6.45, 7) is 1.35. The maximum absolute atomic E-state index is 12.6. The Morgan fingerprint density at radius 1 is 1.45 bits per heavy atom. The maximum Gasteiger partial charge on any atom is 0.359 e. The monoisotopic (exact) mass is 158 g/mol. The highest BCUT2D eigenvalue weighted by molar-refractivity contribution is 4.97. The lowest BCUT2D eigenvalue weighted by molar-refractivity contribution is 0.322. The standard InChI is InChI=1S/C6H7FN2O2/c1-4-3-5(10)8(2)6(11)9(4)7/h3H,1-2H3. The van der Waals surface area contributed by atoms with Gasteiger partial charge in [0.15, 0.2) is 0 Å². The van der Waals surface area contributed by atoms with E-state index in [1.54, 1.807) is 0 Å². The molecule has 1 rings (SSSR count). The third kappa shape index (κ3) is 1.09. The molecule has 0 aliphatic carbocycles. The first kappa shape index (κ1) is 7.71. The van der Waals surface area contributed by atoms with Crippen molar-refractivity contribution < 1.29 is 4.48 Å². The molecular formula is C6H7FN2O2. The molecule has 0 unspecified atom stereocenters. The molecule has 0 spiro atoms. The van der Waals surface area contributed by atoms with Crippen LogP contribution in [0.2, 0.25) is 0 Å². The van der Waals surface area contributed by atoms with Gasteiger partial charge in [0.05, 0.1) is 5.69 Å². The molecular weight excluding hydrogens is 151 g/mol. The molecule has 1 heterocycles. The van der Waals surface area contributed by atoms with E-state index in [0.29, 0.717) is 4.57 Å². The van der Waals surface area contributed by atoms with Crippen LogP contribution in [-0.4, -0.2) is 9.36 Å². The van der Waals surface area contributed by atoms with Crippen LogP contribution in [0.4, 0.5) is 4.48 Å². The van der Waals surface area contributed by atoms with Crippen LogP contribution >= 0.6 is 0 Å². The van der Waals surface area contributed by atoms with Crippen LogP contribution in [0.25, 0.3) is 0 Å². The second-order valence-electron chi connectivity index (χ2n) is 2.25. The number of aryl methyl sites for hydroxylation is 1. The van der Waals surface area contributed by atoms with Gasteiger partial charge in [-0.3, -0.25) is 9.36 Å². The topological polar surface area (TPSA) is 44.0 Å². The average Bonchev–Trinajstić information content (AvgIpc) is 1.97. The fourth-order valence-corrected chi connectivity index (χ4v) is 0.709.